The number of methoxy groups -OCH3 is 1. The van der Waals surface area contributed by atoms with Crippen molar-refractivity contribution in [3.8, 4) is 5.75 Å². The Morgan fingerprint density at radius 3 is 3.00 bits per heavy atom. The number of benzene rings is 1. The summed E-state index contributed by atoms with van der Waals surface area (Å²) in [5.41, 5.74) is 1.63. The minimum Gasteiger partial charge on any atom is -0.495 e. The Balaban J connectivity index is 1.53. The number of para-hydroxylation sites is 2. The Bertz CT molecular complexity index is 777. The fourth-order valence-corrected chi connectivity index (χ4v) is 2.26. The fourth-order valence-electron chi connectivity index (χ4n) is 2.26. The Hall–Kier alpha value is -2.96. The third kappa shape index (κ3) is 2.88. The molecule has 0 aliphatic heterocycles. The van der Waals surface area contributed by atoms with E-state index in [2.05, 4.69) is 15.7 Å². The van der Waals surface area contributed by atoms with Crippen molar-refractivity contribution in [3.05, 3.63) is 48.9 Å². The molecule has 22 heavy (non-hydrogen) atoms. The van der Waals surface area contributed by atoms with Gasteiger partial charge in [-0.05, 0) is 12.1 Å². The molecule has 0 atom stereocenters. The van der Waals surface area contributed by atoms with E-state index in [0.29, 0.717) is 24.5 Å². The lowest BCUT2D eigenvalue weighted by Crippen LogP contribution is -2.31. The van der Waals surface area contributed by atoms with Gasteiger partial charge in [0, 0.05) is 31.5 Å². The van der Waals surface area contributed by atoms with Crippen LogP contribution < -0.4 is 15.4 Å². The van der Waals surface area contributed by atoms with E-state index < -0.39 is 0 Å². The van der Waals surface area contributed by atoms with Gasteiger partial charge in [0.05, 0.1) is 19.0 Å². The largest absolute Gasteiger partial charge is 0.495 e. The first-order chi connectivity index (χ1) is 10.8. The molecule has 0 unspecified atom stereocenters. The van der Waals surface area contributed by atoms with Crippen LogP contribution in [0.5, 0.6) is 5.75 Å². The monoisotopic (exact) mass is 299 g/mol. The van der Waals surface area contributed by atoms with Gasteiger partial charge in [-0.2, -0.15) is 5.10 Å². The molecule has 3 aromatic rings. The molecule has 3 rings (SSSR count). The third-order valence-corrected chi connectivity index (χ3v) is 3.32. The third-order valence-electron chi connectivity index (χ3n) is 3.32. The number of fused-ring (bicyclic) bond motifs is 1. The Labute approximate surface area is 127 Å². The second-order valence-electron chi connectivity index (χ2n) is 4.71. The highest BCUT2D eigenvalue weighted by molar-refractivity contribution is 5.90. The molecule has 2 amide bonds. The van der Waals surface area contributed by atoms with Crippen molar-refractivity contribution < 1.29 is 9.53 Å². The molecule has 2 aromatic heterocycles. The molecule has 7 nitrogen and oxygen atoms in total. The lowest BCUT2D eigenvalue weighted by molar-refractivity contribution is 0.251. The number of anilines is 1. The summed E-state index contributed by atoms with van der Waals surface area (Å²) in [7, 11) is 1.57. The molecule has 0 aliphatic rings. The maximum Gasteiger partial charge on any atom is 0.319 e. The van der Waals surface area contributed by atoms with Crippen molar-refractivity contribution in [3.63, 3.8) is 0 Å². The van der Waals surface area contributed by atoms with Gasteiger partial charge in [-0.15, -0.1) is 0 Å². The van der Waals surface area contributed by atoms with Crippen molar-refractivity contribution in [1.82, 2.24) is 19.5 Å². The summed E-state index contributed by atoms with van der Waals surface area (Å²) in [6.07, 6.45) is 5.56. The molecule has 0 bridgehead atoms. The van der Waals surface area contributed by atoms with Crippen molar-refractivity contribution in [2.24, 2.45) is 0 Å². The molecule has 0 fully saturated rings. The standard InChI is InChI=1S/C15H17N5O2/c1-22-13-5-3-2-4-12(13)18-15(21)16-8-9-19-10-11-20-14(19)6-7-17-20/h2-7,10-11H,8-9H2,1H3,(H2,16,18,21). The smallest absolute Gasteiger partial charge is 0.319 e. The van der Waals surface area contributed by atoms with Crippen molar-refractivity contribution in [2.45, 2.75) is 6.54 Å². The molecule has 0 aliphatic carbocycles. The van der Waals surface area contributed by atoms with Gasteiger partial charge in [-0.1, -0.05) is 12.1 Å². The molecule has 0 saturated carbocycles. The van der Waals surface area contributed by atoms with Crippen LogP contribution in [0.2, 0.25) is 0 Å². The lowest BCUT2D eigenvalue weighted by Gasteiger charge is -2.11. The number of rotatable bonds is 5. The summed E-state index contributed by atoms with van der Waals surface area (Å²) < 4.78 is 9.00. The Morgan fingerprint density at radius 1 is 1.27 bits per heavy atom. The summed E-state index contributed by atoms with van der Waals surface area (Å²) in [4.78, 5) is 11.9. The molecule has 114 valence electrons. The van der Waals surface area contributed by atoms with Gasteiger partial charge in [0.25, 0.3) is 0 Å². The minimum absolute atomic E-state index is 0.263. The summed E-state index contributed by atoms with van der Waals surface area (Å²) in [6, 6.07) is 8.95. The highest BCUT2D eigenvalue weighted by atomic mass is 16.5. The molecule has 0 radical (unpaired) electrons. The normalized spacial score (nSPS) is 10.6. The average Bonchev–Trinajstić information content (AvgIpc) is 3.12. The van der Waals surface area contributed by atoms with Gasteiger partial charge in [0.2, 0.25) is 0 Å². The molecule has 1 aromatic carbocycles. The fraction of sp³-hybridized carbons (Fsp3) is 0.200. The SMILES string of the molecule is COc1ccccc1NC(=O)NCCn1ccn2nccc12. The first kappa shape index (κ1) is 14.0. The molecule has 2 N–H and O–H groups in total. The number of carbonyl (C=O) groups excluding carboxylic acids is 1. The van der Waals surface area contributed by atoms with Crippen LogP contribution in [0.3, 0.4) is 0 Å². The number of aromatic nitrogens is 3. The quantitative estimate of drug-likeness (QED) is 0.756. The maximum atomic E-state index is 11.9. The number of carbonyl (C=O) groups is 1. The number of nitrogens with one attached hydrogen (secondary N) is 2. The van der Waals surface area contributed by atoms with E-state index in [1.165, 1.54) is 0 Å². The Morgan fingerprint density at radius 2 is 2.14 bits per heavy atom. The molecule has 0 spiro atoms. The van der Waals surface area contributed by atoms with Crippen LogP contribution in [0.15, 0.2) is 48.9 Å². The molecule has 2 heterocycles. The first-order valence-corrected chi connectivity index (χ1v) is 6.94. The summed E-state index contributed by atoms with van der Waals surface area (Å²) in [6.45, 7) is 1.18. The van der Waals surface area contributed by atoms with E-state index in [1.54, 1.807) is 30.0 Å². The van der Waals surface area contributed by atoms with Gasteiger partial charge < -0.3 is 19.9 Å². The van der Waals surface area contributed by atoms with Gasteiger partial charge in [0.15, 0.2) is 0 Å². The van der Waals surface area contributed by atoms with E-state index in [1.807, 2.05) is 35.2 Å². The number of hydrogen-bond acceptors (Lipinski definition) is 3. The molecule has 7 heteroatoms. The van der Waals surface area contributed by atoms with Crippen molar-refractivity contribution in [1.29, 1.82) is 0 Å². The van der Waals surface area contributed by atoms with E-state index in [-0.39, 0.29) is 6.03 Å². The molecule has 0 saturated heterocycles. The van der Waals surface area contributed by atoms with E-state index in [9.17, 15) is 4.79 Å². The minimum atomic E-state index is -0.263. The Kier molecular flexibility index (Phi) is 3.95. The summed E-state index contributed by atoms with van der Waals surface area (Å²) in [5.74, 6) is 0.629. The van der Waals surface area contributed by atoms with Crippen molar-refractivity contribution >= 4 is 17.4 Å². The van der Waals surface area contributed by atoms with E-state index in [4.69, 9.17) is 4.74 Å². The molecular formula is C15H17N5O2. The zero-order valence-electron chi connectivity index (χ0n) is 12.2. The van der Waals surface area contributed by atoms with Crippen LogP contribution in [-0.4, -0.2) is 33.9 Å². The average molecular weight is 299 g/mol. The van der Waals surface area contributed by atoms with Crippen LogP contribution in [0, 0.1) is 0 Å². The van der Waals surface area contributed by atoms with Gasteiger partial charge in [-0.3, -0.25) is 0 Å². The van der Waals surface area contributed by atoms with Crippen LogP contribution in [0.4, 0.5) is 10.5 Å². The summed E-state index contributed by atoms with van der Waals surface area (Å²) >= 11 is 0. The number of urea groups is 1. The second kappa shape index (κ2) is 6.21. The predicted molar refractivity (Wildman–Crippen MR) is 83.2 cm³/mol. The van der Waals surface area contributed by atoms with Crippen LogP contribution in [0.25, 0.3) is 5.65 Å². The highest BCUT2D eigenvalue weighted by Crippen LogP contribution is 2.22. The lowest BCUT2D eigenvalue weighted by atomic mass is 10.3. The van der Waals surface area contributed by atoms with Crippen LogP contribution in [0.1, 0.15) is 0 Å². The number of imidazole rings is 1. The van der Waals surface area contributed by atoms with Crippen LogP contribution in [-0.2, 0) is 6.54 Å². The topological polar surface area (TPSA) is 72.6 Å². The first-order valence-electron chi connectivity index (χ1n) is 6.94. The zero-order valence-corrected chi connectivity index (χ0v) is 12.2. The number of hydrogen-bond donors (Lipinski definition) is 2. The summed E-state index contributed by atoms with van der Waals surface area (Å²) in [5, 5.41) is 9.73. The number of amides is 2. The van der Waals surface area contributed by atoms with Gasteiger partial charge >= 0.3 is 6.03 Å². The van der Waals surface area contributed by atoms with Crippen LogP contribution >= 0.6 is 0 Å². The van der Waals surface area contributed by atoms with E-state index >= 15 is 0 Å². The van der Waals surface area contributed by atoms with Gasteiger partial charge in [-0.25, -0.2) is 9.31 Å². The van der Waals surface area contributed by atoms with E-state index in [0.717, 1.165) is 5.65 Å². The molecular weight excluding hydrogens is 282 g/mol. The zero-order chi connectivity index (χ0) is 15.4. The number of nitrogens with zero attached hydrogens (tertiary/aromatic N) is 3. The predicted octanol–water partition coefficient (Wildman–Crippen LogP) is 1.97. The van der Waals surface area contributed by atoms with Gasteiger partial charge in [0.1, 0.15) is 11.4 Å². The second-order valence-corrected chi connectivity index (χ2v) is 4.71. The highest BCUT2D eigenvalue weighted by Gasteiger charge is 2.06. The number of ether oxygens (including phenoxy) is 1. The van der Waals surface area contributed by atoms with Crippen molar-refractivity contribution in [2.75, 3.05) is 19.0 Å². The maximum absolute atomic E-state index is 11.9.